The summed E-state index contributed by atoms with van der Waals surface area (Å²) in [5, 5.41) is 16.5. The molecule has 22 heavy (non-hydrogen) atoms. The minimum absolute atomic E-state index is 0.181. The van der Waals surface area contributed by atoms with Crippen molar-refractivity contribution in [1.82, 2.24) is 15.0 Å². The Kier molecular flexibility index (Phi) is 4.17. The second-order valence-electron chi connectivity index (χ2n) is 7.51. The number of aromatic hydroxyl groups is 1. The molecule has 0 aliphatic rings. The van der Waals surface area contributed by atoms with E-state index in [0.717, 1.165) is 10.8 Å². The fourth-order valence-electron chi connectivity index (χ4n) is 2.06. The van der Waals surface area contributed by atoms with E-state index < -0.39 is 0 Å². The SMILES string of the molecule is Cc1csc(Nc2nc(C(C)(C)C)c(O)c(C(C)(C)C)n2)n1. The topological polar surface area (TPSA) is 70.9 Å². The van der Waals surface area contributed by atoms with Crippen LogP contribution in [0.3, 0.4) is 0 Å². The van der Waals surface area contributed by atoms with Gasteiger partial charge in [-0.3, -0.25) is 0 Å². The first-order valence-electron chi connectivity index (χ1n) is 7.29. The van der Waals surface area contributed by atoms with Gasteiger partial charge in [0, 0.05) is 16.2 Å². The third-order valence-corrected chi connectivity index (χ3v) is 4.02. The van der Waals surface area contributed by atoms with Crippen molar-refractivity contribution in [2.45, 2.75) is 59.3 Å². The molecule has 2 aromatic rings. The molecule has 0 spiro atoms. The average Bonchev–Trinajstić information content (AvgIpc) is 2.74. The Labute approximate surface area is 135 Å². The van der Waals surface area contributed by atoms with Crippen molar-refractivity contribution < 1.29 is 5.11 Å². The zero-order chi connectivity index (χ0) is 16.7. The molecule has 0 unspecified atom stereocenters. The molecule has 2 N–H and O–H groups in total. The summed E-state index contributed by atoms with van der Waals surface area (Å²) in [5.74, 6) is 0.655. The van der Waals surface area contributed by atoms with Crippen molar-refractivity contribution in [2.24, 2.45) is 0 Å². The second-order valence-corrected chi connectivity index (χ2v) is 8.37. The van der Waals surface area contributed by atoms with Crippen LogP contribution in [0.15, 0.2) is 5.38 Å². The Morgan fingerprint density at radius 1 is 0.955 bits per heavy atom. The molecule has 0 saturated heterocycles. The Balaban J connectivity index is 2.55. The summed E-state index contributed by atoms with van der Waals surface area (Å²) in [4.78, 5) is 13.4. The molecule has 0 aliphatic carbocycles. The minimum atomic E-state index is -0.276. The number of rotatable bonds is 2. The first kappa shape index (κ1) is 16.7. The molecule has 6 heteroatoms. The highest BCUT2D eigenvalue weighted by Gasteiger charge is 2.29. The molecule has 0 amide bonds. The van der Waals surface area contributed by atoms with Crippen LogP contribution in [-0.4, -0.2) is 20.1 Å². The van der Waals surface area contributed by atoms with E-state index in [1.54, 1.807) is 0 Å². The number of nitrogens with zero attached hydrogens (tertiary/aromatic N) is 3. The van der Waals surface area contributed by atoms with Crippen LogP contribution < -0.4 is 5.32 Å². The molecule has 0 aliphatic heterocycles. The summed E-state index contributed by atoms with van der Waals surface area (Å²) < 4.78 is 0. The molecule has 2 heterocycles. The van der Waals surface area contributed by atoms with Crippen LogP contribution >= 0.6 is 11.3 Å². The Bertz CT molecular complexity index is 645. The van der Waals surface area contributed by atoms with Crippen molar-refractivity contribution in [1.29, 1.82) is 0 Å². The van der Waals surface area contributed by atoms with Gasteiger partial charge in [0.2, 0.25) is 5.95 Å². The lowest BCUT2D eigenvalue weighted by Crippen LogP contribution is -2.21. The van der Waals surface area contributed by atoms with Gasteiger partial charge < -0.3 is 10.4 Å². The van der Waals surface area contributed by atoms with Crippen LogP contribution in [0.5, 0.6) is 5.75 Å². The Morgan fingerprint density at radius 2 is 1.45 bits per heavy atom. The van der Waals surface area contributed by atoms with Crippen LogP contribution in [0.25, 0.3) is 0 Å². The van der Waals surface area contributed by atoms with Gasteiger partial charge in [-0.15, -0.1) is 11.3 Å². The summed E-state index contributed by atoms with van der Waals surface area (Å²) in [6.07, 6.45) is 0. The lowest BCUT2D eigenvalue weighted by molar-refractivity contribution is 0.407. The standard InChI is InChI=1S/C16H24N4OS/c1-9-8-22-14(17-9)20-13-18-11(15(2,3)4)10(21)12(19-13)16(5,6)7/h8,21H,1-7H3,(H,17,18,19,20). The first-order valence-corrected chi connectivity index (χ1v) is 8.17. The number of nitrogens with one attached hydrogen (secondary N) is 1. The van der Waals surface area contributed by atoms with Gasteiger partial charge in [-0.1, -0.05) is 41.5 Å². The van der Waals surface area contributed by atoms with E-state index in [-0.39, 0.29) is 16.6 Å². The van der Waals surface area contributed by atoms with Gasteiger partial charge in [0.05, 0.1) is 17.1 Å². The van der Waals surface area contributed by atoms with E-state index in [0.29, 0.717) is 17.3 Å². The minimum Gasteiger partial charge on any atom is -0.504 e. The van der Waals surface area contributed by atoms with Gasteiger partial charge >= 0.3 is 0 Å². The fraction of sp³-hybridized carbons (Fsp3) is 0.562. The molecule has 120 valence electrons. The summed E-state index contributed by atoms with van der Waals surface area (Å²) in [7, 11) is 0. The van der Waals surface area contributed by atoms with E-state index in [1.165, 1.54) is 11.3 Å². The average molecular weight is 320 g/mol. The van der Waals surface area contributed by atoms with Gasteiger partial charge in [-0.2, -0.15) is 0 Å². The largest absolute Gasteiger partial charge is 0.504 e. The molecule has 0 bridgehead atoms. The van der Waals surface area contributed by atoms with Crippen LogP contribution in [0.1, 0.15) is 58.6 Å². The second kappa shape index (κ2) is 5.50. The number of anilines is 2. The van der Waals surface area contributed by atoms with Crippen molar-refractivity contribution in [2.75, 3.05) is 5.32 Å². The van der Waals surface area contributed by atoms with Crippen molar-refractivity contribution in [3.05, 3.63) is 22.5 Å². The Hall–Kier alpha value is -1.69. The number of hydrogen-bond acceptors (Lipinski definition) is 6. The number of aromatic nitrogens is 3. The van der Waals surface area contributed by atoms with Gasteiger partial charge in [-0.05, 0) is 6.92 Å². The number of hydrogen-bond donors (Lipinski definition) is 2. The molecule has 0 saturated carbocycles. The van der Waals surface area contributed by atoms with Gasteiger partial charge in [0.1, 0.15) is 0 Å². The lowest BCUT2D eigenvalue weighted by Gasteiger charge is -2.25. The maximum Gasteiger partial charge on any atom is 0.229 e. The van der Waals surface area contributed by atoms with Gasteiger partial charge in [0.15, 0.2) is 10.9 Å². The van der Waals surface area contributed by atoms with Gasteiger partial charge in [-0.25, -0.2) is 15.0 Å². The van der Waals surface area contributed by atoms with Crippen LogP contribution in [0, 0.1) is 6.92 Å². The molecule has 2 aromatic heterocycles. The van der Waals surface area contributed by atoms with Gasteiger partial charge in [0.25, 0.3) is 0 Å². The van der Waals surface area contributed by atoms with Crippen LogP contribution in [0.2, 0.25) is 0 Å². The monoisotopic (exact) mass is 320 g/mol. The zero-order valence-corrected chi connectivity index (χ0v) is 15.1. The van der Waals surface area contributed by atoms with E-state index in [4.69, 9.17) is 0 Å². The summed E-state index contributed by atoms with van der Waals surface area (Å²) >= 11 is 1.51. The normalized spacial score (nSPS) is 12.5. The van der Waals surface area contributed by atoms with Crippen molar-refractivity contribution >= 4 is 22.4 Å². The van der Waals surface area contributed by atoms with E-state index in [2.05, 4.69) is 20.3 Å². The Morgan fingerprint density at radius 3 is 1.82 bits per heavy atom. The molecule has 0 fully saturated rings. The molecule has 2 rings (SSSR count). The van der Waals surface area contributed by atoms with E-state index in [1.807, 2.05) is 53.8 Å². The predicted octanol–water partition coefficient (Wildman–Crippen LogP) is 4.29. The highest BCUT2D eigenvalue weighted by Crippen LogP contribution is 2.37. The van der Waals surface area contributed by atoms with Crippen LogP contribution in [-0.2, 0) is 10.8 Å². The number of thiazole rings is 1. The molecule has 0 atom stereocenters. The molecule has 0 radical (unpaired) electrons. The van der Waals surface area contributed by atoms with Crippen LogP contribution in [0.4, 0.5) is 11.1 Å². The maximum absolute atomic E-state index is 10.6. The first-order chi connectivity index (χ1) is 9.98. The van der Waals surface area contributed by atoms with E-state index >= 15 is 0 Å². The molecule has 5 nitrogen and oxygen atoms in total. The highest BCUT2D eigenvalue weighted by atomic mass is 32.1. The highest BCUT2D eigenvalue weighted by molar-refractivity contribution is 7.13. The van der Waals surface area contributed by atoms with E-state index in [9.17, 15) is 5.11 Å². The van der Waals surface area contributed by atoms with Crippen molar-refractivity contribution in [3.8, 4) is 5.75 Å². The predicted molar refractivity (Wildman–Crippen MR) is 91.2 cm³/mol. The summed E-state index contributed by atoms with van der Waals surface area (Å²) in [5.41, 5.74) is 1.69. The molecular weight excluding hydrogens is 296 g/mol. The van der Waals surface area contributed by atoms with Crippen molar-refractivity contribution in [3.63, 3.8) is 0 Å². The summed E-state index contributed by atoms with van der Waals surface area (Å²) in [6.45, 7) is 14.1. The zero-order valence-electron chi connectivity index (χ0n) is 14.3. The maximum atomic E-state index is 10.6. The molecular formula is C16H24N4OS. The lowest BCUT2D eigenvalue weighted by atomic mass is 9.85. The summed E-state index contributed by atoms with van der Waals surface area (Å²) in [6, 6.07) is 0. The third kappa shape index (κ3) is 3.55. The smallest absolute Gasteiger partial charge is 0.229 e. The third-order valence-electron chi connectivity index (χ3n) is 3.14. The number of aryl methyl sites for hydroxylation is 1. The molecule has 0 aromatic carbocycles. The quantitative estimate of drug-likeness (QED) is 0.864. The fourth-order valence-corrected chi connectivity index (χ4v) is 2.75.